The molecule has 1 aromatic carbocycles. The molecule has 5 heteroatoms. The monoisotopic (exact) mass is 250 g/mol. The van der Waals surface area contributed by atoms with Crippen LogP contribution in [0.4, 0.5) is 4.39 Å². The molecule has 96 valence electrons. The van der Waals surface area contributed by atoms with E-state index in [-0.39, 0.29) is 11.5 Å². The van der Waals surface area contributed by atoms with Crippen molar-refractivity contribution in [1.29, 1.82) is 0 Å². The van der Waals surface area contributed by atoms with Crippen molar-refractivity contribution in [3.63, 3.8) is 0 Å². The Morgan fingerprint density at radius 1 is 1.39 bits per heavy atom. The lowest BCUT2D eigenvalue weighted by Crippen LogP contribution is -2.45. The van der Waals surface area contributed by atoms with Gasteiger partial charge < -0.3 is 10.6 Å². The maximum absolute atomic E-state index is 13.0. The summed E-state index contributed by atoms with van der Waals surface area (Å²) in [6.45, 7) is 0.644. The quantitative estimate of drug-likeness (QED) is 0.829. The van der Waals surface area contributed by atoms with Gasteiger partial charge in [-0.05, 0) is 37.5 Å². The van der Waals surface area contributed by atoms with Crippen LogP contribution in [-0.4, -0.2) is 24.4 Å². The van der Waals surface area contributed by atoms with Crippen LogP contribution >= 0.6 is 0 Å². The smallest absolute Gasteiger partial charge is 0.252 e. The van der Waals surface area contributed by atoms with Crippen LogP contribution in [0.1, 0.15) is 29.6 Å². The van der Waals surface area contributed by atoms with Gasteiger partial charge in [-0.1, -0.05) is 6.07 Å². The normalized spacial score (nSPS) is 19.8. The third-order valence-electron chi connectivity index (χ3n) is 2.93. The number of hydrogen-bond donors (Lipinski definition) is 2. The van der Waals surface area contributed by atoms with E-state index in [1.165, 1.54) is 18.2 Å². The highest BCUT2D eigenvalue weighted by atomic mass is 19.1. The molecule has 0 saturated carbocycles. The van der Waals surface area contributed by atoms with E-state index in [1.807, 2.05) is 0 Å². The third kappa shape index (κ3) is 3.06. The number of hydrogen-bond acceptors (Lipinski definition) is 2. The van der Waals surface area contributed by atoms with Gasteiger partial charge in [-0.2, -0.15) is 0 Å². The van der Waals surface area contributed by atoms with E-state index < -0.39 is 17.8 Å². The lowest BCUT2D eigenvalue weighted by Gasteiger charge is -2.15. The first-order valence-electron chi connectivity index (χ1n) is 6.01. The highest BCUT2D eigenvalue weighted by Gasteiger charge is 2.22. The molecule has 1 unspecified atom stereocenters. The van der Waals surface area contributed by atoms with Crippen LogP contribution in [0, 0.1) is 5.82 Å². The van der Waals surface area contributed by atoms with Crippen molar-refractivity contribution in [1.82, 2.24) is 10.6 Å². The van der Waals surface area contributed by atoms with Crippen LogP contribution < -0.4 is 10.6 Å². The van der Waals surface area contributed by atoms with E-state index >= 15 is 0 Å². The molecule has 0 spiro atoms. The Bertz CT molecular complexity index is 462. The Kier molecular flexibility index (Phi) is 3.92. The Morgan fingerprint density at radius 3 is 3.00 bits per heavy atom. The molecule has 1 fully saturated rings. The van der Waals surface area contributed by atoms with Crippen LogP contribution in [0.25, 0.3) is 0 Å². The van der Waals surface area contributed by atoms with Crippen molar-refractivity contribution in [3.05, 3.63) is 35.6 Å². The first-order chi connectivity index (χ1) is 8.66. The van der Waals surface area contributed by atoms with Crippen LogP contribution in [-0.2, 0) is 4.79 Å². The summed E-state index contributed by atoms with van der Waals surface area (Å²) in [5, 5.41) is 5.37. The van der Waals surface area contributed by atoms with Crippen molar-refractivity contribution in [2.24, 2.45) is 0 Å². The van der Waals surface area contributed by atoms with E-state index in [0.29, 0.717) is 13.0 Å². The minimum absolute atomic E-state index is 0.169. The topological polar surface area (TPSA) is 58.2 Å². The van der Waals surface area contributed by atoms with Crippen molar-refractivity contribution in [2.45, 2.75) is 25.3 Å². The van der Waals surface area contributed by atoms with Crippen molar-refractivity contribution in [2.75, 3.05) is 6.54 Å². The van der Waals surface area contributed by atoms with Gasteiger partial charge in [0.05, 0.1) is 0 Å². The molecule has 1 aliphatic rings. The summed E-state index contributed by atoms with van der Waals surface area (Å²) >= 11 is 0. The Labute approximate surface area is 105 Å². The molecule has 1 atom stereocenters. The summed E-state index contributed by atoms with van der Waals surface area (Å²) in [4.78, 5) is 23.5. The molecular formula is C13H15FN2O2. The molecule has 2 amide bonds. The van der Waals surface area contributed by atoms with Crippen LogP contribution in [0.15, 0.2) is 24.3 Å². The summed E-state index contributed by atoms with van der Waals surface area (Å²) in [6, 6.07) is 4.90. The first-order valence-corrected chi connectivity index (χ1v) is 6.01. The average Bonchev–Trinajstić information content (AvgIpc) is 2.55. The molecule has 1 saturated heterocycles. The largest absolute Gasteiger partial charge is 0.354 e. The van der Waals surface area contributed by atoms with Gasteiger partial charge in [0, 0.05) is 12.1 Å². The second-order valence-electron chi connectivity index (χ2n) is 4.32. The van der Waals surface area contributed by atoms with Gasteiger partial charge >= 0.3 is 0 Å². The predicted octanol–water partition coefficient (Wildman–Crippen LogP) is 1.22. The molecule has 0 radical (unpaired) electrons. The number of carbonyl (C=O) groups is 2. The molecule has 4 nitrogen and oxygen atoms in total. The summed E-state index contributed by atoms with van der Waals surface area (Å²) in [6.07, 6.45) is 2.41. The number of benzene rings is 1. The fraction of sp³-hybridized carbons (Fsp3) is 0.385. The Morgan fingerprint density at radius 2 is 2.22 bits per heavy atom. The Hall–Kier alpha value is -1.91. The molecule has 1 heterocycles. The zero-order chi connectivity index (χ0) is 13.0. The van der Waals surface area contributed by atoms with Gasteiger partial charge in [0.15, 0.2) is 0 Å². The van der Waals surface area contributed by atoms with E-state index in [4.69, 9.17) is 0 Å². The SMILES string of the molecule is O=C(NC1CCCCNC1=O)c1cccc(F)c1. The maximum Gasteiger partial charge on any atom is 0.252 e. The Balaban J connectivity index is 2.04. The zero-order valence-electron chi connectivity index (χ0n) is 9.91. The van der Waals surface area contributed by atoms with Crippen molar-refractivity contribution >= 4 is 11.8 Å². The van der Waals surface area contributed by atoms with Crippen molar-refractivity contribution < 1.29 is 14.0 Å². The fourth-order valence-corrected chi connectivity index (χ4v) is 1.95. The highest BCUT2D eigenvalue weighted by Crippen LogP contribution is 2.08. The molecule has 0 aromatic heterocycles. The lowest BCUT2D eigenvalue weighted by atomic mass is 10.1. The molecule has 2 N–H and O–H groups in total. The molecule has 0 bridgehead atoms. The molecule has 0 aliphatic carbocycles. The molecule has 1 aromatic rings. The van der Waals surface area contributed by atoms with Crippen LogP contribution in [0.2, 0.25) is 0 Å². The van der Waals surface area contributed by atoms with Gasteiger partial charge in [-0.3, -0.25) is 9.59 Å². The van der Waals surface area contributed by atoms with Gasteiger partial charge in [-0.25, -0.2) is 4.39 Å². The number of amides is 2. The minimum atomic E-state index is -0.525. The summed E-state index contributed by atoms with van der Waals surface area (Å²) < 4.78 is 13.0. The van der Waals surface area contributed by atoms with Crippen molar-refractivity contribution in [3.8, 4) is 0 Å². The van der Waals surface area contributed by atoms with E-state index in [2.05, 4.69) is 10.6 Å². The second-order valence-corrected chi connectivity index (χ2v) is 4.32. The number of carbonyl (C=O) groups excluding carboxylic acids is 2. The summed E-state index contributed by atoms with van der Waals surface area (Å²) in [7, 11) is 0. The number of nitrogens with one attached hydrogen (secondary N) is 2. The second kappa shape index (κ2) is 5.62. The number of halogens is 1. The van der Waals surface area contributed by atoms with E-state index in [1.54, 1.807) is 0 Å². The van der Waals surface area contributed by atoms with Gasteiger partial charge in [0.1, 0.15) is 11.9 Å². The predicted molar refractivity (Wildman–Crippen MR) is 64.5 cm³/mol. The molecular weight excluding hydrogens is 235 g/mol. The standard InChI is InChI=1S/C13H15FN2O2/c14-10-5-3-4-9(8-10)12(17)16-11-6-1-2-7-15-13(11)18/h3-5,8,11H,1-2,6-7H2,(H,15,18)(H,16,17). The van der Waals surface area contributed by atoms with E-state index in [9.17, 15) is 14.0 Å². The minimum Gasteiger partial charge on any atom is -0.354 e. The van der Waals surface area contributed by atoms with Crippen LogP contribution in [0.3, 0.4) is 0 Å². The van der Waals surface area contributed by atoms with E-state index in [0.717, 1.165) is 18.9 Å². The summed E-state index contributed by atoms with van der Waals surface area (Å²) in [5.74, 6) is -1.05. The maximum atomic E-state index is 13.0. The van der Waals surface area contributed by atoms with Gasteiger partial charge in [0.25, 0.3) is 5.91 Å². The molecule has 18 heavy (non-hydrogen) atoms. The highest BCUT2D eigenvalue weighted by molar-refractivity contribution is 5.97. The third-order valence-corrected chi connectivity index (χ3v) is 2.93. The average molecular weight is 250 g/mol. The first kappa shape index (κ1) is 12.5. The summed E-state index contributed by atoms with van der Waals surface area (Å²) in [5.41, 5.74) is 0.229. The number of rotatable bonds is 2. The van der Waals surface area contributed by atoms with Crippen LogP contribution in [0.5, 0.6) is 0 Å². The zero-order valence-corrected chi connectivity index (χ0v) is 9.91. The van der Waals surface area contributed by atoms with Gasteiger partial charge in [0.2, 0.25) is 5.91 Å². The molecule has 2 rings (SSSR count). The lowest BCUT2D eigenvalue weighted by molar-refractivity contribution is -0.122. The van der Waals surface area contributed by atoms with Gasteiger partial charge in [-0.15, -0.1) is 0 Å². The molecule has 1 aliphatic heterocycles. The fourth-order valence-electron chi connectivity index (χ4n) is 1.95.